The van der Waals surface area contributed by atoms with Crippen molar-refractivity contribution in [3.63, 3.8) is 0 Å². The zero-order valence-corrected chi connectivity index (χ0v) is 16.4. The van der Waals surface area contributed by atoms with E-state index in [1.807, 2.05) is 30.3 Å². The molecule has 3 heterocycles. The monoisotopic (exact) mass is 419 g/mol. The Balaban J connectivity index is 1.55. The van der Waals surface area contributed by atoms with Gasteiger partial charge in [0.1, 0.15) is 23.9 Å². The highest BCUT2D eigenvalue weighted by atomic mass is 32.1. The molecule has 0 radical (unpaired) electrons. The van der Waals surface area contributed by atoms with Crippen LogP contribution in [0.25, 0.3) is 17.1 Å². The highest BCUT2D eigenvalue weighted by Crippen LogP contribution is 2.26. The van der Waals surface area contributed by atoms with Crippen LogP contribution in [0.1, 0.15) is 16.8 Å². The van der Waals surface area contributed by atoms with Crippen LogP contribution in [0.5, 0.6) is 5.75 Å². The van der Waals surface area contributed by atoms with Gasteiger partial charge in [-0.3, -0.25) is 9.59 Å². The Morgan fingerprint density at radius 3 is 2.77 bits per heavy atom. The van der Waals surface area contributed by atoms with E-state index in [1.165, 1.54) is 12.1 Å². The van der Waals surface area contributed by atoms with Crippen molar-refractivity contribution >= 4 is 28.4 Å². The van der Waals surface area contributed by atoms with E-state index in [0.717, 1.165) is 32.7 Å². The molecule has 0 saturated heterocycles. The molecule has 0 bridgehead atoms. The summed E-state index contributed by atoms with van der Waals surface area (Å²) in [5.41, 5.74) is 1.78. The molecule has 1 aliphatic rings. The molecular formula is C22H14FN3O3S. The minimum absolute atomic E-state index is 0.134. The van der Waals surface area contributed by atoms with Crippen molar-refractivity contribution in [2.75, 3.05) is 6.61 Å². The number of nitrogens with zero attached hydrogens (tertiary/aromatic N) is 3. The summed E-state index contributed by atoms with van der Waals surface area (Å²) in [4.78, 5) is 29.4. The molecule has 0 fully saturated rings. The third kappa shape index (κ3) is 3.42. The maximum absolute atomic E-state index is 13.1. The Bertz CT molecular complexity index is 1470. The summed E-state index contributed by atoms with van der Waals surface area (Å²) < 4.78 is 20.4. The summed E-state index contributed by atoms with van der Waals surface area (Å²) in [6.07, 6.45) is 3.87. The number of hydrogen-bond acceptors (Lipinski definition) is 6. The van der Waals surface area contributed by atoms with E-state index in [0.29, 0.717) is 16.7 Å². The van der Waals surface area contributed by atoms with Crippen molar-refractivity contribution in [3.8, 4) is 5.75 Å². The van der Waals surface area contributed by atoms with Gasteiger partial charge in [0.2, 0.25) is 4.96 Å². The Hall–Kier alpha value is -3.65. The number of fused-ring (bicyclic) bond motifs is 2. The van der Waals surface area contributed by atoms with Crippen molar-refractivity contribution in [2.24, 2.45) is 0 Å². The van der Waals surface area contributed by atoms with Crippen molar-refractivity contribution in [3.05, 3.63) is 102 Å². The lowest BCUT2D eigenvalue weighted by molar-refractivity contribution is 0.352. The average Bonchev–Trinajstić information content (AvgIpc) is 3.04. The van der Waals surface area contributed by atoms with Crippen molar-refractivity contribution in [2.45, 2.75) is 6.42 Å². The Morgan fingerprint density at radius 2 is 1.93 bits per heavy atom. The largest absolute Gasteiger partial charge is 0.488 e. The number of rotatable bonds is 3. The van der Waals surface area contributed by atoms with Crippen LogP contribution in [0.4, 0.5) is 4.39 Å². The number of halogens is 1. The van der Waals surface area contributed by atoms with Crippen LogP contribution in [-0.4, -0.2) is 21.2 Å². The van der Waals surface area contributed by atoms with E-state index >= 15 is 0 Å². The van der Waals surface area contributed by atoms with E-state index in [1.54, 1.807) is 18.2 Å². The highest BCUT2D eigenvalue weighted by molar-refractivity contribution is 7.15. The number of ether oxygens (including phenoxy) is 1. The second-order valence-electron chi connectivity index (χ2n) is 6.82. The molecule has 4 aromatic rings. The Morgan fingerprint density at radius 1 is 1.13 bits per heavy atom. The summed E-state index contributed by atoms with van der Waals surface area (Å²) in [6.45, 7) is 0.346. The molecule has 5 rings (SSSR count). The minimum Gasteiger partial charge on any atom is -0.488 e. The molecule has 0 amide bonds. The Kier molecular flexibility index (Phi) is 4.48. The fourth-order valence-electron chi connectivity index (χ4n) is 3.23. The molecule has 0 spiro atoms. The fraction of sp³-hybridized carbons (Fsp3) is 0.0909. The summed E-state index contributed by atoms with van der Waals surface area (Å²) in [5, 5.41) is 4.22. The number of hydrogen-bond donors (Lipinski definition) is 0. The van der Waals surface area contributed by atoms with E-state index in [-0.39, 0.29) is 28.5 Å². The summed E-state index contributed by atoms with van der Waals surface area (Å²) >= 11 is 1.11. The summed E-state index contributed by atoms with van der Waals surface area (Å²) in [5.74, 6) is 0.438. The molecule has 0 aliphatic carbocycles. The number of benzene rings is 2. The first-order chi connectivity index (χ1) is 14.6. The van der Waals surface area contributed by atoms with Crippen LogP contribution in [0.3, 0.4) is 0 Å². The third-order valence-corrected chi connectivity index (χ3v) is 5.67. The first-order valence-corrected chi connectivity index (χ1v) is 10.00. The van der Waals surface area contributed by atoms with Gasteiger partial charge in [0.25, 0.3) is 11.1 Å². The highest BCUT2D eigenvalue weighted by Gasteiger charge is 2.13. The molecule has 0 unspecified atom stereocenters. The third-order valence-electron chi connectivity index (χ3n) is 4.71. The maximum atomic E-state index is 13.1. The smallest absolute Gasteiger partial charge is 0.296 e. The predicted octanol–water partition coefficient (Wildman–Crippen LogP) is 2.22. The van der Waals surface area contributed by atoms with Crippen LogP contribution >= 0.6 is 11.3 Å². The molecular weight excluding hydrogens is 405 g/mol. The van der Waals surface area contributed by atoms with Crippen molar-refractivity contribution in [1.29, 1.82) is 0 Å². The van der Waals surface area contributed by atoms with Crippen molar-refractivity contribution < 1.29 is 9.13 Å². The standard InChI is InChI=1S/C22H14FN3O3S/c23-16-7-5-13(6-8-16)10-17-20(27)24-22-26(25-17)21(28)19(30-22)11-14-9-15-3-1-2-4-18(15)29-12-14/h1-9,11H,10,12H2/b19-11-. The molecule has 2 aromatic carbocycles. The molecule has 6 nitrogen and oxygen atoms in total. The lowest BCUT2D eigenvalue weighted by atomic mass is 10.1. The normalized spacial score (nSPS) is 13.8. The van der Waals surface area contributed by atoms with Gasteiger partial charge in [-0.15, -0.1) is 0 Å². The summed E-state index contributed by atoms with van der Waals surface area (Å²) in [7, 11) is 0. The molecule has 148 valence electrons. The van der Waals surface area contributed by atoms with Gasteiger partial charge in [0.05, 0.1) is 4.53 Å². The van der Waals surface area contributed by atoms with E-state index < -0.39 is 5.56 Å². The van der Waals surface area contributed by atoms with Crippen LogP contribution in [0.2, 0.25) is 0 Å². The zero-order valence-electron chi connectivity index (χ0n) is 15.5. The van der Waals surface area contributed by atoms with Gasteiger partial charge in [-0.05, 0) is 41.5 Å². The lowest BCUT2D eigenvalue weighted by Crippen LogP contribution is -2.28. The first kappa shape index (κ1) is 18.4. The molecule has 2 aromatic heterocycles. The van der Waals surface area contributed by atoms with Crippen molar-refractivity contribution in [1.82, 2.24) is 14.6 Å². The van der Waals surface area contributed by atoms with Gasteiger partial charge in [-0.2, -0.15) is 14.6 Å². The molecule has 1 aliphatic heterocycles. The van der Waals surface area contributed by atoms with Crippen LogP contribution in [0.15, 0.2) is 63.7 Å². The lowest BCUT2D eigenvalue weighted by Gasteiger charge is -2.15. The Labute approximate surface area is 173 Å². The molecule has 0 saturated carbocycles. The first-order valence-electron chi connectivity index (χ1n) is 9.18. The van der Waals surface area contributed by atoms with Gasteiger partial charge in [-0.25, -0.2) is 4.39 Å². The average molecular weight is 419 g/mol. The molecule has 0 atom stereocenters. The second-order valence-corrected chi connectivity index (χ2v) is 7.83. The van der Waals surface area contributed by atoms with Gasteiger partial charge in [0.15, 0.2) is 0 Å². The van der Waals surface area contributed by atoms with Gasteiger partial charge in [0, 0.05) is 12.0 Å². The number of aromatic nitrogens is 3. The van der Waals surface area contributed by atoms with E-state index in [2.05, 4.69) is 10.1 Å². The van der Waals surface area contributed by atoms with Gasteiger partial charge >= 0.3 is 0 Å². The van der Waals surface area contributed by atoms with Crippen LogP contribution in [0, 0.1) is 5.82 Å². The predicted molar refractivity (Wildman–Crippen MR) is 112 cm³/mol. The quantitative estimate of drug-likeness (QED) is 0.509. The summed E-state index contributed by atoms with van der Waals surface area (Å²) in [6, 6.07) is 13.4. The second kappa shape index (κ2) is 7.31. The van der Waals surface area contributed by atoms with Crippen LogP contribution < -0.4 is 20.4 Å². The van der Waals surface area contributed by atoms with Gasteiger partial charge < -0.3 is 4.74 Å². The fourth-order valence-corrected chi connectivity index (χ4v) is 4.15. The molecule has 0 N–H and O–H groups in total. The van der Waals surface area contributed by atoms with Crippen LogP contribution in [-0.2, 0) is 6.42 Å². The molecule has 30 heavy (non-hydrogen) atoms. The van der Waals surface area contributed by atoms with Gasteiger partial charge in [-0.1, -0.05) is 41.7 Å². The number of para-hydroxylation sites is 1. The molecule has 8 heteroatoms. The minimum atomic E-state index is -0.499. The van der Waals surface area contributed by atoms with E-state index in [9.17, 15) is 14.0 Å². The van der Waals surface area contributed by atoms with E-state index in [4.69, 9.17) is 4.74 Å². The SMILES string of the molecule is O=c1nc2s/c(=C\C3=Cc4ccccc4OC3)c(=O)n2nc1Cc1ccc(F)cc1. The number of thiazole rings is 1. The zero-order chi connectivity index (χ0) is 20.7. The topological polar surface area (TPSA) is 73.6 Å². The maximum Gasteiger partial charge on any atom is 0.296 e.